The van der Waals surface area contributed by atoms with Gasteiger partial charge in [-0.3, -0.25) is 0 Å². The van der Waals surface area contributed by atoms with E-state index in [4.69, 9.17) is 14.3 Å². The monoisotopic (exact) mass is 627 g/mol. The highest BCUT2D eigenvalue weighted by Crippen LogP contribution is 2.67. The molecule has 5 atom stereocenters. The third-order valence-electron chi connectivity index (χ3n) is 12.1. The first kappa shape index (κ1) is 31.7. The summed E-state index contributed by atoms with van der Waals surface area (Å²) in [6, 6.07) is 7.53. The van der Waals surface area contributed by atoms with Crippen LogP contribution in [0, 0.1) is 21.7 Å². The Labute approximate surface area is 262 Å². The van der Waals surface area contributed by atoms with E-state index in [1.54, 1.807) is 7.11 Å². The van der Waals surface area contributed by atoms with Crippen molar-refractivity contribution in [3.05, 3.63) is 45.8 Å². The number of ether oxygens (including phenoxy) is 2. The minimum atomic E-state index is -3.60. The summed E-state index contributed by atoms with van der Waals surface area (Å²) >= 11 is 0. The number of benzene rings is 1. The van der Waals surface area contributed by atoms with Gasteiger partial charge in [-0.1, -0.05) is 64.5 Å². The van der Waals surface area contributed by atoms with Crippen molar-refractivity contribution < 1.29 is 27.7 Å². The molecule has 1 aliphatic heterocycles. The van der Waals surface area contributed by atoms with Crippen LogP contribution in [0.2, 0.25) is 0 Å². The van der Waals surface area contributed by atoms with Crippen molar-refractivity contribution in [1.29, 1.82) is 0 Å². The van der Waals surface area contributed by atoms with E-state index >= 15 is 0 Å². The van der Waals surface area contributed by atoms with Crippen molar-refractivity contribution in [2.75, 3.05) is 12.9 Å². The zero-order chi connectivity index (χ0) is 31.1. The van der Waals surface area contributed by atoms with Crippen molar-refractivity contribution in [3.63, 3.8) is 0 Å². The fourth-order valence-corrected chi connectivity index (χ4v) is 12.3. The Morgan fingerprint density at radius 2 is 1.59 bits per heavy atom. The molecule has 242 valence electrons. The number of sulfonamides is 1. The molecule has 44 heavy (non-hydrogen) atoms. The molecule has 10 heteroatoms. The molecule has 1 saturated heterocycles. The van der Waals surface area contributed by atoms with E-state index in [1.165, 1.54) is 12.8 Å². The third-order valence-corrected chi connectivity index (χ3v) is 14.2. The molecule has 0 unspecified atom stereocenters. The number of hydrogen-bond acceptors (Lipinski definition) is 6. The third kappa shape index (κ3) is 5.65. The largest absolute Gasteiger partial charge is 0.758 e. The first-order valence-corrected chi connectivity index (χ1v) is 18.4. The van der Waals surface area contributed by atoms with Crippen LogP contribution in [0.15, 0.2) is 30.0 Å². The van der Waals surface area contributed by atoms with Gasteiger partial charge in [-0.05, 0) is 74.0 Å². The zero-order valence-corrected chi connectivity index (χ0v) is 27.4. The lowest BCUT2D eigenvalue weighted by Crippen LogP contribution is -2.55. The highest BCUT2D eigenvalue weighted by Gasteiger charge is 2.67. The van der Waals surface area contributed by atoms with Crippen LogP contribution in [-0.4, -0.2) is 60.9 Å². The van der Waals surface area contributed by atoms with Gasteiger partial charge < -0.3 is 14.9 Å². The first-order valence-electron chi connectivity index (χ1n) is 16.8. The van der Waals surface area contributed by atoms with Crippen molar-refractivity contribution in [2.45, 2.75) is 134 Å². The highest BCUT2D eigenvalue weighted by molar-refractivity contribution is 7.89. The normalized spacial score (nSPS) is 32.9. The van der Waals surface area contributed by atoms with E-state index in [0.29, 0.717) is 23.0 Å². The summed E-state index contributed by atoms with van der Waals surface area (Å²) in [4.78, 5) is 18.9. The van der Waals surface area contributed by atoms with Crippen LogP contribution in [0.1, 0.15) is 115 Å². The van der Waals surface area contributed by atoms with Gasteiger partial charge in [0.1, 0.15) is 5.75 Å². The lowest BCUT2D eigenvalue weighted by atomic mass is 9.69. The van der Waals surface area contributed by atoms with E-state index in [9.17, 15) is 18.7 Å². The second-order valence-corrected chi connectivity index (χ2v) is 16.4. The van der Waals surface area contributed by atoms with Crippen LogP contribution < -0.4 is 4.74 Å². The van der Waals surface area contributed by atoms with Crippen molar-refractivity contribution in [1.82, 2.24) is 4.31 Å². The minimum absolute atomic E-state index is 0.0174. The molecule has 0 N–H and O–H groups in total. The summed E-state index contributed by atoms with van der Waals surface area (Å²) in [5.41, 5.74) is -0.0255. The molecule has 1 aromatic carbocycles. The molecular formula is C34H49N3O6S. The van der Waals surface area contributed by atoms with Gasteiger partial charge in [0, 0.05) is 23.9 Å². The molecule has 1 heterocycles. The molecule has 0 radical (unpaired) electrons. The second-order valence-electron chi connectivity index (χ2n) is 14.5. The summed E-state index contributed by atoms with van der Waals surface area (Å²) in [5.74, 6) is 2.64. The quantitative estimate of drug-likeness (QED) is 0.277. The van der Waals surface area contributed by atoms with Crippen LogP contribution in [0.4, 0.5) is 0 Å². The highest BCUT2D eigenvalue weighted by atomic mass is 32.2. The average Bonchev–Trinajstić information content (AvgIpc) is 3.37. The van der Waals surface area contributed by atoms with Gasteiger partial charge in [-0.25, -0.2) is 8.42 Å². The Hall–Kier alpha value is -2.26. The Morgan fingerprint density at radius 1 is 0.977 bits per heavy atom. The number of allylic oxidation sites excluding steroid dienone is 1. The summed E-state index contributed by atoms with van der Waals surface area (Å²) in [7, 11) is -2.00. The van der Waals surface area contributed by atoms with Gasteiger partial charge in [0.05, 0.1) is 29.8 Å². The van der Waals surface area contributed by atoms with E-state index in [2.05, 4.69) is 13.8 Å². The van der Waals surface area contributed by atoms with Gasteiger partial charge in [0.25, 0.3) is 11.2 Å². The molecule has 9 nitrogen and oxygen atoms in total. The maximum atomic E-state index is 14.7. The van der Waals surface area contributed by atoms with Gasteiger partial charge in [-0.15, -0.1) is 0 Å². The number of fused-ring (bicyclic) bond motifs is 2. The lowest BCUT2D eigenvalue weighted by Gasteiger charge is -2.46. The van der Waals surface area contributed by atoms with E-state index < -0.39 is 27.6 Å². The summed E-state index contributed by atoms with van der Waals surface area (Å²) in [5, 5.41) is 9.81. The fourth-order valence-electron chi connectivity index (χ4n) is 9.50. The molecule has 0 aromatic heterocycles. The Balaban J connectivity index is 1.27. The van der Waals surface area contributed by atoms with Crippen LogP contribution in [0.25, 0.3) is 5.41 Å². The standard InChI is InChI=1S/C34H49N3O6S/c1-33(2)25-18-19-34(33,23-44(39,40)36(26-10-6-4-7-11-26)27-12-8-5-9-13-27)31(20-25)42-32-21-29(30(22-35)37(38)43-32)24-14-16-28(41-3)17-15-24/h14-17,25-27,29,31-32H,4-13,18-21,23H2,1-3H3/t25-,29-,31-,32-,34-/m1/s1. The topological polar surface area (TPSA) is 107 Å². The van der Waals surface area contributed by atoms with Crippen LogP contribution >= 0.6 is 0 Å². The zero-order valence-electron chi connectivity index (χ0n) is 26.6. The van der Waals surface area contributed by atoms with Gasteiger partial charge in [-0.2, -0.15) is 15.0 Å². The molecule has 0 amide bonds. The fraction of sp³-hybridized carbons (Fsp3) is 0.765. The van der Waals surface area contributed by atoms with Crippen molar-refractivity contribution in [2.24, 2.45) is 16.7 Å². The molecule has 6 rings (SSSR count). The molecular weight excluding hydrogens is 578 g/mol. The van der Waals surface area contributed by atoms with Gasteiger partial charge >= 0.3 is 5.70 Å². The predicted octanol–water partition coefficient (Wildman–Crippen LogP) is 6.85. The average molecular weight is 628 g/mol. The van der Waals surface area contributed by atoms with Crippen molar-refractivity contribution in [3.8, 4) is 5.75 Å². The van der Waals surface area contributed by atoms with E-state index in [1.807, 2.05) is 34.4 Å². The summed E-state index contributed by atoms with van der Waals surface area (Å²) in [6.07, 6.45) is 12.1. The molecule has 5 aliphatic rings. The maximum Gasteiger partial charge on any atom is 0.320 e. The molecule has 1 aromatic rings. The van der Waals surface area contributed by atoms with Crippen LogP contribution in [-0.2, 0) is 19.6 Å². The van der Waals surface area contributed by atoms with Crippen molar-refractivity contribution >= 4 is 15.9 Å². The first-order chi connectivity index (χ1) is 21.1. The van der Waals surface area contributed by atoms with E-state index in [-0.39, 0.29) is 35.1 Å². The van der Waals surface area contributed by atoms with Gasteiger partial charge in [0.15, 0.2) is 0 Å². The second kappa shape index (κ2) is 12.5. The smallest absolute Gasteiger partial charge is 0.320 e. The lowest BCUT2D eigenvalue weighted by molar-refractivity contribution is -0.801. The number of nitrogens with zero attached hydrogens (tertiary/aromatic N) is 3. The molecule has 4 aliphatic carbocycles. The molecule has 0 spiro atoms. The van der Waals surface area contributed by atoms with Crippen LogP contribution in [0.3, 0.4) is 0 Å². The number of rotatable bonds is 9. The number of methoxy groups -OCH3 is 1. The molecule has 4 saturated carbocycles. The molecule has 2 bridgehead atoms. The number of hydrogen-bond donors (Lipinski definition) is 0. The SMILES string of the molecule is COc1ccc([C@H]2C[C@H](O[C@@H]3C[C@H]4CC[C@]3(CS(=O)(=O)N(C3CCCCC3)C3CCCCC3)C4(C)C)O[N+](=O)C2=C=[N-])cc1. The minimum Gasteiger partial charge on any atom is -0.758 e. The summed E-state index contributed by atoms with van der Waals surface area (Å²) in [6.45, 7) is 4.44. The molecule has 5 fully saturated rings. The Morgan fingerprint density at radius 3 is 2.14 bits per heavy atom. The summed E-state index contributed by atoms with van der Waals surface area (Å²) < 4.78 is 43.5. The van der Waals surface area contributed by atoms with Gasteiger partial charge in [0.2, 0.25) is 10.0 Å². The predicted molar refractivity (Wildman–Crippen MR) is 169 cm³/mol. The van der Waals surface area contributed by atoms with E-state index in [0.717, 1.165) is 76.2 Å². The maximum absolute atomic E-state index is 14.7. The van der Waals surface area contributed by atoms with Crippen LogP contribution in [0.5, 0.6) is 5.75 Å². The Bertz CT molecular complexity index is 1340. The Kier molecular flexibility index (Phi) is 9.01.